The number of hydrogen-bond acceptors (Lipinski definition) is 3. The van der Waals surface area contributed by atoms with Crippen LogP contribution in [0, 0.1) is 5.92 Å². The Morgan fingerprint density at radius 1 is 1.35 bits per heavy atom. The molecule has 0 radical (unpaired) electrons. The van der Waals surface area contributed by atoms with Gasteiger partial charge < -0.3 is 20.5 Å². The normalized spacial score (nSPS) is 13.2. The molecular formula is C13H17ClN2O4. The Kier molecular flexibility index (Phi) is 5.64. The minimum Gasteiger partial charge on any atom is -0.495 e. The van der Waals surface area contributed by atoms with E-state index in [9.17, 15) is 9.59 Å². The van der Waals surface area contributed by atoms with Crippen molar-refractivity contribution in [2.75, 3.05) is 12.4 Å². The minimum atomic E-state index is -0.974. The van der Waals surface area contributed by atoms with Crippen LogP contribution >= 0.6 is 11.6 Å². The van der Waals surface area contributed by atoms with Crippen molar-refractivity contribution in [2.45, 2.75) is 19.9 Å². The first-order valence-electron chi connectivity index (χ1n) is 5.99. The third kappa shape index (κ3) is 4.31. The van der Waals surface area contributed by atoms with Crippen LogP contribution in [0.25, 0.3) is 0 Å². The molecule has 2 amide bonds. The van der Waals surface area contributed by atoms with E-state index < -0.39 is 24.0 Å². The largest absolute Gasteiger partial charge is 0.495 e. The highest BCUT2D eigenvalue weighted by atomic mass is 35.5. The van der Waals surface area contributed by atoms with Crippen LogP contribution in [-0.2, 0) is 4.79 Å². The molecule has 0 saturated heterocycles. The van der Waals surface area contributed by atoms with Crippen LogP contribution in [0.5, 0.6) is 5.75 Å². The van der Waals surface area contributed by atoms with Gasteiger partial charge in [-0.25, -0.2) is 4.79 Å². The summed E-state index contributed by atoms with van der Waals surface area (Å²) in [5, 5.41) is 14.4. The fourth-order valence-electron chi connectivity index (χ4n) is 1.48. The molecule has 110 valence electrons. The highest BCUT2D eigenvalue weighted by Crippen LogP contribution is 2.27. The Labute approximate surface area is 122 Å². The molecule has 0 spiro atoms. The summed E-state index contributed by atoms with van der Waals surface area (Å²) in [5.74, 6) is -1.20. The van der Waals surface area contributed by atoms with Crippen molar-refractivity contribution in [3.63, 3.8) is 0 Å². The fraction of sp³-hybridized carbons (Fsp3) is 0.385. The topological polar surface area (TPSA) is 87.7 Å². The van der Waals surface area contributed by atoms with E-state index in [0.29, 0.717) is 16.5 Å². The predicted octanol–water partition coefficient (Wildman–Crippen LogP) is 2.58. The Morgan fingerprint density at radius 2 is 2.00 bits per heavy atom. The van der Waals surface area contributed by atoms with Crippen molar-refractivity contribution in [2.24, 2.45) is 5.92 Å². The lowest BCUT2D eigenvalue weighted by Gasteiger charge is -2.18. The molecule has 6 nitrogen and oxygen atoms in total. The van der Waals surface area contributed by atoms with Gasteiger partial charge in [-0.2, -0.15) is 0 Å². The number of aliphatic carboxylic acids is 1. The number of anilines is 1. The molecule has 0 bridgehead atoms. The van der Waals surface area contributed by atoms with Crippen LogP contribution in [0.4, 0.5) is 10.5 Å². The number of benzene rings is 1. The average Bonchev–Trinajstić information content (AvgIpc) is 2.37. The van der Waals surface area contributed by atoms with E-state index in [1.807, 2.05) is 0 Å². The molecular weight excluding hydrogens is 284 g/mol. The second-order valence-corrected chi connectivity index (χ2v) is 4.80. The Morgan fingerprint density at radius 3 is 2.55 bits per heavy atom. The summed E-state index contributed by atoms with van der Waals surface area (Å²) in [4.78, 5) is 22.6. The number of rotatable bonds is 5. The van der Waals surface area contributed by atoms with Gasteiger partial charge in [0.15, 0.2) is 0 Å². The molecule has 7 heteroatoms. The van der Waals surface area contributed by atoms with Gasteiger partial charge in [0.2, 0.25) is 0 Å². The van der Waals surface area contributed by atoms with Crippen molar-refractivity contribution in [3.8, 4) is 5.75 Å². The van der Waals surface area contributed by atoms with Gasteiger partial charge in [-0.15, -0.1) is 0 Å². The first-order chi connectivity index (χ1) is 9.35. The predicted molar refractivity (Wildman–Crippen MR) is 76.4 cm³/mol. The Hall–Kier alpha value is -1.95. The summed E-state index contributed by atoms with van der Waals surface area (Å²) in [6.45, 7) is 3.14. The number of methoxy groups -OCH3 is 1. The summed E-state index contributed by atoms with van der Waals surface area (Å²) in [5.41, 5.74) is 0.410. The molecule has 0 aromatic heterocycles. The first kappa shape index (κ1) is 16.1. The van der Waals surface area contributed by atoms with Crippen LogP contribution in [-0.4, -0.2) is 30.3 Å². The highest BCUT2D eigenvalue weighted by molar-refractivity contribution is 6.31. The van der Waals surface area contributed by atoms with Crippen molar-refractivity contribution >= 4 is 29.3 Å². The zero-order valence-corrected chi connectivity index (χ0v) is 12.2. The zero-order valence-electron chi connectivity index (χ0n) is 11.4. The lowest BCUT2D eigenvalue weighted by Crippen LogP contribution is -2.42. The summed E-state index contributed by atoms with van der Waals surface area (Å²) in [7, 11) is 1.47. The van der Waals surface area contributed by atoms with E-state index in [2.05, 4.69) is 10.6 Å². The maximum absolute atomic E-state index is 11.8. The van der Waals surface area contributed by atoms with Gasteiger partial charge in [0.1, 0.15) is 5.75 Å². The monoisotopic (exact) mass is 300 g/mol. The average molecular weight is 301 g/mol. The van der Waals surface area contributed by atoms with Crippen LogP contribution < -0.4 is 15.4 Å². The summed E-state index contributed by atoms with van der Waals surface area (Å²) in [6, 6.07) is 3.77. The Bertz CT molecular complexity index is 507. The minimum absolute atomic E-state index is 0.410. The molecule has 2 unspecified atom stereocenters. The number of amides is 2. The molecule has 0 aliphatic rings. The number of hydrogen-bond donors (Lipinski definition) is 3. The van der Waals surface area contributed by atoms with Crippen LogP contribution in [0.3, 0.4) is 0 Å². The number of halogens is 1. The molecule has 2 atom stereocenters. The zero-order chi connectivity index (χ0) is 15.3. The lowest BCUT2D eigenvalue weighted by atomic mass is 10.0. The molecule has 1 rings (SSSR count). The molecule has 0 heterocycles. The third-order valence-electron chi connectivity index (χ3n) is 2.91. The molecule has 0 saturated carbocycles. The van der Waals surface area contributed by atoms with Gasteiger partial charge >= 0.3 is 12.0 Å². The van der Waals surface area contributed by atoms with Gasteiger partial charge in [0, 0.05) is 11.1 Å². The van der Waals surface area contributed by atoms with Gasteiger partial charge in [-0.3, -0.25) is 4.79 Å². The maximum atomic E-state index is 11.8. The van der Waals surface area contributed by atoms with Crippen molar-refractivity contribution < 1.29 is 19.4 Å². The third-order valence-corrected chi connectivity index (χ3v) is 3.14. The number of ether oxygens (including phenoxy) is 1. The second-order valence-electron chi connectivity index (χ2n) is 4.36. The smallest absolute Gasteiger partial charge is 0.319 e. The molecule has 1 aromatic rings. The molecule has 3 N–H and O–H groups in total. The van der Waals surface area contributed by atoms with Gasteiger partial charge in [-0.1, -0.05) is 11.6 Å². The fourth-order valence-corrected chi connectivity index (χ4v) is 1.65. The van der Waals surface area contributed by atoms with Gasteiger partial charge in [0.05, 0.1) is 18.7 Å². The number of carboxylic acid groups (broad SMARTS) is 1. The van der Waals surface area contributed by atoms with Crippen LogP contribution in [0.1, 0.15) is 13.8 Å². The van der Waals surface area contributed by atoms with Crippen molar-refractivity contribution in [3.05, 3.63) is 23.2 Å². The molecule has 0 fully saturated rings. The lowest BCUT2D eigenvalue weighted by molar-refractivity contribution is -0.141. The Balaban J connectivity index is 2.71. The second kappa shape index (κ2) is 7.00. The SMILES string of the molecule is COc1ccc(Cl)cc1NC(=O)NC(C)C(C)C(=O)O. The standard InChI is InChI=1S/C13H17ClN2O4/c1-7(12(17)18)8(2)15-13(19)16-10-6-9(14)4-5-11(10)20-3/h4-8H,1-3H3,(H,17,18)(H2,15,16,19). The number of carboxylic acids is 1. The quantitative estimate of drug-likeness (QED) is 0.780. The van der Waals surface area contributed by atoms with Gasteiger partial charge in [-0.05, 0) is 32.0 Å². The van der Waals surface area contributed by atoms with E-state index in [1.165, 1.54) is 14.0 Å². The molecule has 20 heavy (non-hydrogen) atoms. The summed E-state index contributed by atoms with van der Waals surface area (Å²) >= 11 is 5.85. The number of carbonyl (C=O) groups excluding carboxylic acids is 1. The van der Waals surface area contributed by atoms with E-state index in [4.69, 9.17) is 21.4 Å². The van der Waals surface area contributed by atoms with E-state index >= 15 is 0 Å². The number of urea groups is 1. The molecule has 1 aromatic carbocycles. The highest BCUT2D eigenvalue weighted by Gasteiger charge is 2.21. The number of carbonyl (C=O) groups is 2. The van der Waals surface area contributed by atoms with Crippen LogP contribution in [0.2, 0.25) is 5.02 Å². The number of nitrogens with one attached hydrogen (secondary N) is 2. The van der Waals surface area contributed by atoms with E-state index in [1.54, 1.807) is 25.1 Å². The summed E-state index contributed by atoms with van der Waals surface area (Å²) in [6.07, 6.45) is 0. The van der Waals surface area contributed by atoms with Crippen LogP contribution in [0.15, 0.2) is 18.2 Å². The van der Waals surface area contributed by atoms with E-state index in [0.717, 1.165) is 0 Å². The maximum Gasteiger partial charge on any atom is 0.319 e. The molecule has 0 aliphatic carbocycles. The first-order valence-corrected chi connectivity index (χ1v) is 6.36. The van der Waals surface area contributed by atoms with Crippen molar-refractivity contribution in [1.29, 1.82) is 0 Å². The van der Waals surface area contributed by atoms with Gasteiger partial charge in [0.25, 0.3) is 0 Å². The van der Waals surface area contributed by atoms with Crippen molar-refractivity contribution in [1.82, 2.24) is 5.32 Å². The molecule has 0 aliphatic heterocycles. The summed E-state index contributed by atoms with van der Waals surface area (Å²) < 4.78 is 5.10. The van der Waals surface area contributed by atoms with E-state index in [-0.39, 0.29) is 0 Å².